The summed E-state index contributed by atoms with van der Waals surface area (Å²) in [5, 5.41) is 0. The zero-order valence-corrected chi connectivity index (χ0v) is 14.9. The Bertz CT molecular complexity index is 891. The highest BCUT2D eigenvalue weighted by Gasteiger charge is 2.34. The van der Waals surface area contributed by atoms with Crippen molar-refractivity contribution in [3.63, 3.8) is 0 Å². The van der Waals surface area contributed by atoms with Crippen LogP contribution < -0.4 is 9.47 Å². The van der Waals surface area contributed by atoms with Gasteiger partial charge in [0.05, 0.1) is 5.56 Å². The number of carbonyl (C=O) groups is 1. The molecule has 4 rings (SSSR count). The van der Waals surface area contributed by atoms with Crippen LogP contribution in [0.4, 0.5) is 0 Å². The van der Waals surface area contributed by atoms with E-state index in [0.29, 0.717) is 29.8 Å². The first-order valence-corrected chi connectivity index (χ1v) is 8.48. The molecule has 2 aliphatic rings. The van der Waals surface area contributed by atoms with Crippen LogP contribution in [0.2, 0.25) is 0 Å². The first-order valence-electron chi connectivity index (χ1n) is 8.48. The molecule has 1 aromatic carbocycles. The molecule has 5 nitrogen and oxygen atoms in total. The third kappa shape index (κ3) is 2.65. The second-order valence-corrected chi connectivity index (χ2v) is 6.87. The summed E-state index contributed by atoms with van der Waals surface area (Å²) in [6.45, 7) is 9.39. The Morgan fingerprint density at radius 2 is 2.00 bits per heavy atom. The van der Waals surface area contributed by atoms with Gasteiger partial charge in [0.1, 0.15) is 29.8 Å². The van der Waals surface area contributed by atoms with Crippen molar-refractivity contribution >= 4 is 11.9 Å². The van der Waals surface area contributed by atoms with Crippen LogP contribution in [0.15, 0.2) is 28.4 Å². The van der Waals surface area contributed by atoms with E-state index in [0.717, 1.165) is 29.2 Å². The second-order valence-electron chi connectivity index (χ2n) is 6.87. The number of nitrogens with zero attached hydrogens (tertiary/aromatic N) is 1. The summed E-state index contributed by atoms with van der Waals surface area (Å²) in [6, 6.07) is 5.97. The largest absolute Gasteiger partial charge is 0.477 e. The molecule has 0 saturated carbocycles. The van der Waals surface area contributed by atoms with Crippen molar-refractivity contribution in [3.05, 3.63) is 52.2 Å². The van der Waals surface area contributed by atoms with Crippen LogP contribution in [-0.4, -0.2) is 23.5 Å². The number of furan rings is 1. The van der Waals surface area contributed by atoms with E-state index in [1.54, 1.807) is 6.08 Å². The molecule has 0 amide bonds. The SMILES string of the molecule is Cc1ccc(/C=C2\Oc3c(cc4c(c3C)OCN(C(C)C)C4)C2=O)o1. The zero-order chi connectivity index (χ0) is 17.7. The van der Waals surface area contributed by atoms with Crippen molar-refractivity contribution in [2.24, 2.45) is 0 Å². The summed E-state index contributed by atoms with van der Waals surface area (Å²) in [5.41, 5.74) is 2.51. The average Bonchev–Trinajstić information content (AvgIpc) is 3.12. The first kappa shape index (κ1) is 16.0. The summed E-state index contributed by atoms with van der Waals surface area (Å²) in [5.74, 6) is 3.00. The Balaban J connectivity index is 1.72. The molecule has 5 heteroatoms. The Hall–Kier alpha value is -2.53. The third-order valence-corrected chi connectivity index (χ3v) is 4.73. The Labute approximate surface area is 146 Å². The number of benzene rings is 1. The van der Waals surface area contributed by atoms with E-state index in [9.17, 15) is 4.79 Å². The predicted molar refractivity (Wildman–Crippen MR) is 93.7 cm³/mol. The number of ketones is 1. The molecule has 0 N–H and O–H groups in total. The number of rotatable bonds is 2. The van der Waals surface area contributed by atoms with Crippen LogP contribution in [-0.2, 0) is 6.54 Å². The highest BCUT2D eigenvalue weighted by molar-refractivity contribution is 6.15. The molecule has 0 aliphatic carbocycles. The number of hydrogen-bond acceptors (Lipinski definition) is 5. The van der Waals surface area contributed by atoms with Crippen molar-refractivity contribution in [1.29, 1.82) is 0 Å². The minimum absolute atomic E-state index is 0.114. The molecular weight excluding hydrogens is 318 g/mol. The maximum Gasteiger partial charge on any atom is 0.232 e. The molecule has 130 valence electrons. The fourth-order valence-corrected chi connectivity index (χ4v) is 3.26. The fourth-order valence-electron chi connectivity index (χ4n) is 3.26. The lowest BCUT2D eigenvalue weighted by Crippen LogP contribution is -2.37. The van der Waals surface area contributed by atoms with Gasteiger partial charge in [-0.2, -0.15) is 0 Å². The molecule has 2 aromatic rings. The van der Waals surface area contributed by atoms with Crippen LogP contribution in [0.1, 0.15) is 46.9 Å². The van der Waals surface area contributed by atoms with Gasteiger partial charge in [-0.3, -0.25) is 9.69 Å². The van der Waals surface area contributed by atoms with E-state index in [2.05, 4.69) is 18.7 Å². The van der Waals surface area contributed by atoms with Gasteiger partial charge in [0.2, 0.25) is 5.78 Å². The molecule has 0 bridgehead atoms. The summed E-state index contributed by atoms with van der Waals surface area (Å²) < 4.78 is 17.3. The Morgan fingerprint density at radius 1 is 1.20 bits per heavy atom. The van der Waals surface area contributed by atoms with Crippen molar-refractivity contribution in [2.75, 3.05) is 6.73 Å². The van der Waals surface area contributed by atoms with E-state index in [4.69, 9.17) is 13.9 Å². The summed E-state index contributed by atoms with van der Waals surface area (Å²) in [7, 11) is 0. The number of hydrogen-bond donors (Lipinski definition) is 0. The Morgan fingerprint density at radius 3 is 2.68 bits per heavy atom. The smallest absolute Gasteiger partial charge is 0.232 e. The molecular formula is C20H21NO4. The molecule has 3 heterocycles. The topological polar surface area (TPSA) is 51.9 Å². The van der Waals surface area contributed by atoms with Crippen LogP contribution in [0, 0.1) is 13.8 Å². The third-order valence-electron chi connectivity index (χ3n) is 4.73. The number of fused-ring (bicyclic) bond motifs is 2. The minimum Gasteiger partial charge on any atom is -0.477 e. The molecule has 2 aliphatic heterocycles. The van der Waals surface area contributed by atoms with Crippen molar-refractivity contribution < 1.29 is 18.7 Å². The lowest BCUT2D eigenvalue weighted by Gasteiger charge is -2.32. The fraction of sp³-hybridized carbons (Fsp3) is 0.350. The molecule has 0 fully saturated rings. The second kappa shape index (κ2) is 5.77. The highest BCUT2D eigenvalue weighted by atomic mass is 16.5. The van der Waals surface area contributed by atoms with Gasteiger partial charge < -0.3 is 13.9 Å². The van der Waals surface area contributed by atoms with Crippen molar-refractivity contribution in [3.8, 4) is 11.5 Å². The van der Waals surface area contributed by atoms with Crippen LogP contribution >= 0.6 is 0 Å². The maximum atomic E-state index is 12.8. The molecule has 0 radical (unpaired) electrons. The number of allylic oxidation sites excluding steroid dienone is 1. The number of carbonyl (C=O) groups excluding carboxylic acids is 1. The zero-order valence-electron chi connectivity index (χ0n) is 14.9. The van der Waals surface area contributed by atoms with Gasteiger partial charge in [0.25, 0.3) is 0 Å². The van der Waals surface area contributed by atoms with E-state index in [-0.39, 0.29) is 11.5 Å². The van der Waals surface area contributed by atoms with Gasteiger partial charge in [0, 0.05) is 29.8 Å². The van der Waals surface area contributed by atoms with E-state index in [1.807, 2.05) is 32.0 Å². The first-order chi connectivity index (χ1) is 11.9. The molecule has 0 unspecified atom stereocenters. The van der Waals surface area contributed by atoms with Gasteiger partial charge in [-0.25, -0.2) is 0 Å². The normalized spacial score (nSPS) is 18.3. The van der Waals surface area contributed by atoms with Crippen molar-refractivity contribution in [2.45, 2.75) is 40.3 Å². The number of Topliss-reactive ketones (excluding diaryl/α,β-unsaturated/α-hetero) is 1. The van der Waals surface area contributed by atoms with E-state index >= 15 is 0 Å². The van der Waals surface area contributed by atoms with Crippen LogP contribution in [0.5, 0.6) is 11.5 Å². The van der Waals surface area contributed by atoms with Crippen molar-refractivity contribution in [1.82, 2.24) is 4.90 Å². The van der Waals surface area contributed by atoms with Gasteiger partial charge in [-0.05, 0) is 45.9 Å². The molecule has 25 heavy (non-hydrogen) atoms. The van der Waals surface area contributed by atoms with E-state index < -0.39 is 0 Å². The minimum atomic E-state index is -0.114. The maximum absolute atomic E-state index is 12.8. The Kier molecular flexibility index (Phi) is 3.69. The van der Waals surface area contributed by atoms with Gasteiger partial charge in [-0.15, -0.1) is 0 Å². The molecule has 0 atom stereocenters. The average molecular weight is 339 g/mol. The number of aryl methyl sites for hydroxylation is 1. The monoisotopic (exact) mass is 339 g/mol. The van der Waals surface area contributed by atoms with Gasteiger partial charge in [-0.1, -0.05) is 0 Å². The number of ether oxygens (including phenoxy) is 2. The van der Waals surface area contributed by atoms with Gasteiger partial charge >= 0.3 is 0 Å². The quantitative estimate of drug-likeness (QED) is 0.772. The summed E-state index contributed by atoms with van der Waals surface area (Å²) in [4.78, 5) is 15.0. The van der Waals surface area contributed by atoms with Crippen LogP contribution in [0.25, 0.3) is 6.08 Å². The standard InChI is InChI=1S/C20H21NO4/c1-11(2)21-9-14-7-16-18(22)17(8-15-6-5-12(3)24-15)25-20(16)13(4)19(14)23-10-21/h5-8,11H,9-10H2,1-4H3/b17-8-. The molecule has 1 aromatic heterocycles. The van der Waals surface area contributed by atoms with Gasteiger partial charge in [0.15, 0.2) is 5.76 Å². The lowest BCUT2D eigenvalue weighted by molar-refractivity contribution is 0.0678. The summed E-state index contributed by atoms with van der Waals surface area (Å²) in [6.07, 6.45) is 1.65. The van der Waals surface area contributed by atoms with Crippen LogP contribution in [0.3, 0.4) is 0 Å². The predicted octanol–water partition coefficient (Wildman–Crippen LogP) is 4.07. The highest BCUT2D eigenvalue weighted by Crippen LogP contribution is 2.43. The lowest BCUT2D eigenvalue weighted by atomic mass is 10.00. The summed E-state index contributed by atoms with van der Waals surface area (Å²) >= 11 is 0. The molecule has 0 saturated heterocycles. The molecule has 0 spiro atoms. The van der Waals surface area contributed by atoms with E-state index in [1.165, 1.54) is 0 Å².